The first-order valence-electron chi connectivity index (χ1n) is 8.97. The van der Waals surface area contributed by atoms with Crippen LogP contribution in [-0.4, -0.2) is 44.1 Å². The van der Waals surface area contributed by atoms with E-state index in [-0.39, 0.29) is 18.4 Å². The lowest BCUT2D eigenvalue weighted by atomic mass is 10.0. The van der Waals surface area contributed by atoms with Crippen LogP contribution in [0.15, 0.2) is 35.3 Å². The van der Waals surface area contributed by atoms with Gasteiger partial charge in [0.15, 0.2) is 0 Å². The minimum Gasteiger partial charge on any atom is -0.478 e. The Morgan fingerprint density at radius 1 is 1.10 bits per heavy atom. The van der Waals surface area contributed by atoms with Gasteiger partial charge in [0.2, 0.25) is 5.91 Å². The number of fused-ring (bicyclic) bond motifs is 1. The Hall–Kier alpha value is -3.49. The Balaban J connectivity index is 2.02. The highest BCUT2D eigenvalue weighted by atomic mass is 16.6. The van der Waals surface area contributed by atoms with Crippen LogP contribution in [0.3, 0.4) is 0 Å². The first kappa shape index (κ1) is 20.2. The van der Waals surface area contributed by atoms with Gasteiger partial charge in [-0.25, -0.2) is 9.59 Å². The van der Waals surface area contributed by atoms with Gasteiger partial charge in [0.25, 0.3) is 11.5 Å². The average Bonchev–Trinajstić information content (AvgIpc) is 2.59. The summed E-state index contributed by atoms with van der Waals surface area (Å²) in [5.41, 5.74) is -1.38. The van der Waals surface area contributed by atoms with E-state index in [0.29, 0.717) is 15.7 Å². The molecule has 1 aliphatic rings. The van der Waals surface area contributed by atoms with Gasteiger partial charge < -0.3 is 14.4 Å². The van der Waals surface area contributed by atoms with Crippen molar-refractivity contribution in [1.82, 2.24) is 9.47 Å². The van der Waals surface area contributed by atoms with Gasteiger partial charge in [-0.15, -0.1) is 0 Å². The number of amides is 3. The van der Waals surface area contributed by atoms with Crippen molar-refractivity contribution < 1.29 is 29.0 Å². The lowest BCUT2D eigenvalue weighted by Crippen LogP contribution is -2.51. The monoisotopic (exact) mass is 400 g/mol. The van der Waals surface area contributed by atoms with Crippen molar-refractivity contribution in [1.29, 1.82) is 0 Å². The fourth-order valence-corrected chi connectivity index (χ4v) is 3.14. The number of aromatic carboxylic acids is 1. The summed E-state index contributed by atoms with van der Waals surface area (Å²) in [5, 5.41) is 10.1. The zero-order valence-electron chi connectivity index (χ0n) is 16.2. The zero-order valence-corrected chi connectivity index (χ0v) is 16.2. The Labute approximate surface area is 165 Å². The van der Waals surface area contributed by atoms with Crippen LogP contribution >= 0.6 is 0 Å². The number of carboxylic acid groups (broad SMARTS) is 1. The van der Waals surface area contributed by atoms with Gasteiger partial charge in [-0.05, 0) is 50.1 Å². The molecule has 2 heterocycles. The van der Waals surface area contributed by atoms with Crippen LogP contribution in [0.1, 0.15) is 50.0 Å². The van der Waals surface area contributed by atoms with E-state index >= 15 is 0 Å². The van der Waals surface area contributed by atoms with Gasteiger partial charge in [-0.2, -0.15) is 4.90 Å². The molecule has 3 rings (SSSR count). The largest absolute Gasteiger partial charge is 0.478 e. The van der Waals surface area contributed by atoms with Crippen LogP contribution in [0, 0.1) is 0 Å². The summed E-state index contributed by atoms with van der Waals surface area (Å²) >= 11 is 0. The molecule has 1 saturated heterocycles. The lowest BCUT2D eigenvalue weighted by Gasteiger charge is -2.31. The van der Waals surface area contributed by atoms with E-state index < -0.39 is 41.1 Å². The van der Waals surface area contributed by atoms with E-state index in [4.69, 9.17) is 9.84 Å². The molecule has 29 heavy (non-hydrogen) atoms. The molecule has 9 nitrogen and oxygen atoms in total. The van der Waals surface area contributed by atoms with Crippen LogP contribution < -0.4 is 5.56 Å². The van der Waals surface area contributed by atoms with E-state index in [1.807, 2.05) is 0 Å². The van der Waals surface area contributed by atoms with Crippen molar-refractivity contribution in [2.75, 3.05) is 0 Å². The number of hydrogen-bond donors (Lipinski definition) is 1. The molecular formula is C20H20N2O7. The maximum atomic E-state index is 12.9. The van der Waals surface area contributed by atoms with E-state index in [0.717, 1.165) is 4.57 Å². The number of piperidine rings is 1. The third-order valence-electron chi connectivity index (χ3n) is 4.44. The maximum absolute atomic E-state index is 12.9. The highest BCUT2D eigenvalue weighted by molar-refractivity contribution is 6.11. The summed E-state index contributed by atoms with van der Waals surface area (Å²) in [7, 11) is 0. The Morgan fingerprint density at radius 2 is 1.79 bits per heavy atom. The standard InChI is InChI=1S/C20H20N2O7/c1-20(2,3)29-19(28)22-15(23)7-6-14(17(22)25)21-10-13-8-12(18(26)27)5-4-11(13)9-16(21)24/h4-5,8-10,14H,6-7H2,1-3H3,(H,26,27). The van der Waals surface area contributed by atoms with Crippen molar-refractivity contribution in [3.05, 3.63) is 46.4 Å². The highest BCUT2D eigenvalue weighted by Crippen LogP contribution is 2.26. The van der Waals surface area contributed by atoms with E-state index in [9.17, 15) is 24.0 Å². The summed E-state index contributed by atoms with van der Waals surface area (Å²) in [5.74, 6) is -2.67. The summed E-state index contributed by atoms with van der Waals surface area (Å²) in [6.45, 7) is 4.82. The number of carbonyl (C=O) groups excluding carboxylic acids is 3. The Kier molecular flexibility index (Phi) is 5.00. The number of pyridine rings is 1. The number of carbonyl (C=O) groups is 4. The van der Waals surface area contributed by atoms with Crippen molar-refractivity contribution >= 4 is 34.6 Å². The number of imide groups is 3. The van der Waals surface area contributed by atoms with Crippen molar-refractivity contribution in [2.45, 2.75) is 45.3 Å². The molecule has 2 aromatic rings. The number of hydrogen-bond acceptors (Lipinski definition) is 6. The molecule has 152 valence electrons. The normalized spacial score (nSPS) is 17.5. The summed E-state index contributed by atoms with van der Waals surface area (Å²) in [4.78, 5) is 61.6. The number of carboxylic acids is 1. The number of ether oxygens (including phenoxy) is 1. The molecule has 0 saturated carbocycles. The molecule has 0 aliphatic carbocycles. The van der Waals surface area contributed by atoms with Crippen molar-refractivity contribution in [3.8, 4) is 0 Å². The highest BCUT2D eigenvalue weighted by Gasteiger charge is 2.41. The number of likely N-dealkylation sites (tertiary alicyclic amines) is 1. The zero-order chi connectivity index (χ0) is 21.5. The van der Waals surface area contributed by atoms with Crippen LogP contribution in [0.2, 0.25) is 0 Å². The molecule has 1 unspecified atom stereocenters. The van der Waals surface area contributed by atoms with Crippen molar-refractivity contribution in [3.63, 3.8) is 0 Å². The molecule has 3 amide bonds. The third-order valence-corrected chi connectivity index (χ3v) is 4.44. The fraction of sp³-hybridized carbons (Fsp3) is 0.350. The van der Waals surface area contributed by atoms with Crippen LogP contribution in [-0.2, 0) is 14.3 Å². The Morgan fingerprint density at radius 3 is 2.41 bits per heavy atom. The summed E-state index contributed by atoms with van der Waals surface area (Å²) in [6, 6.07) is 4.47. The summed E-state index contributed by atoms with van der Waals surface area (Å²) in [6.07, 6.45) is 0.214. The predicted octanol–water partition coefficient (Wildman–Crippen LogP) is 2.32. The molecule has 0 bridgehead atoms. The molecule has 1 fully saturated rings. The molecule has 0 radical (unpaired) electrons. The Bertz CT molecular complexity index is 1090. The van der Waals surface area contributed by atoms with Gasteiger partial charge in [0, 0.05) is 18.7 Å². The van der Waals surface area contributed by atoms with E-state index in [1.54, 1.807) is 20.8 Å². The molecule has 1 aliphatic heterocycles. The molecule has 0 spiro atoms. The fourth-order valence-electron chi connectivity index (χ4n) is 3.14. The SMILES string of the molecule is CC(C)(C)OC(=O)N1C(=O)CCC(n2cc3cc(C(=O)O)ccc3cc2=O)C1=O. The molecule has 9 heteroatoms. The average molecular weight is 400 g/mol. The topological polar surface area (TPSA) is 123 Å². The lowest BCUT2D eigenvalue weighted by molar-refractivity contribution is -0.149. The van der Waals surface area contributed by atoms with Crippen LogP contribution in [0.25, 0.3) is 10.8 Å². The minimum absolute atomic E-state index is 0.0308. The molecule has 1 atom stereocenters. The number of aromatic nitrogens is 1. The maximum Gasteiger partial charge on any atom is 0.424 e. The van der Waals surface area contributed by atoms with Gasteiger partial charge in [0.1, 0.15) is 11.6 Å². The number of nitrogens with zero attached hydrogens (tertiary/aromatic N) is 2. The number of rotatable bonds is 2. The van der Waals surface area contributed by atoms with E-state index in [1.165, 1.54) is 30.5 Å². The molecule has 1 aromatic carbocycles. The molecular weight excluding hydrogens is 380 g/mol. The second-order valence-corrected chi connectivity index (χ2v) is 7.77. The third kappa shape index (κ3) is 4.03. The second-order valence-electron chi connectivity index (χ2n) is 7.77. The number of benzene rings is 1. The first-order chi connectivity index (χ1) is 13.5. The quantitative estimate of drug-likeness (QED) is 0.768. The predicted molar refractivity (Wildman–Crippen MR) is 102 cm³/mol. The minimum atomic E-state index is -1.12. The van der Waals surface area contributed by atoms with E-state index in [2.05, 4.69) is 0 Å². The van der Waals surface area contributed by atoms with Crippen LogP contribution in [0.5, 0.6) is 0 Å². The van der Waals surface area contributed by atoms with Crippen LogP contribution in [0.4, 0.5) is 4.79 Å². The van der Waals surface area contributed by atoms with Gasteiger partial charge in [-0.3, -0.25) is 14.4 Å². The second kappa shape index (κ2) is 7.16. The molecule has 1 N–H and O–H groups in total. The molecule has 1 aromatic heterocycles. The first-order valence-corrected chi connectivity index (χ1v) is 8.97. The van der Waals surface area contributed by atoms with Crippen molar-refractivity contribution in [2.24, 2.45) is 0 Å². The van der Waals surface area contributed by atoms with Gasteiger partial charge >= 0.3 is 12.1 Å². The summed E-state index contributed by atoms with van der Waals surface area (Å²) < 4.78 is 6.26. The smallest absolute Gasteiger partial charge is 0.424 e. The van der Waals surface area contributed by atoms with Gasteiger partial charge in [0.05, 0.1) is 5.56 Å². The van der Waals surface area contributed by atoms with Gasteiger partial charge in [-0.1, -0.05) is 6.07 Å².